The molecule has 0 aliphatic rings. The number of carbonyl (C=O) groups excluding carboxylic acids is 1. The van der Waals surface area contributed by atoms with Gasteiger partial charge in [-0.25, -0.2) is 4.57 Å². The van der Waals surface area contributed by atoms with Crippen molar-refractivity contribution in [3.8, 4) is 0 Å². The van der Waals surface area contributed by atoms with Crippen LogP contribution in [-0.4, -0.2) is 75.6 Å². The van der Waals surface area contributed by atoms with Gasteiger partial charge < -0.3 is 18.9 Å². The molecule has 0 aliphatic carbocycles. The summed E-state index contributed by atoms with van der Waals surface area (Å²) in [6.45, 7) is 5.37. The molecule has 2 atom stereocenters. The fraction of sp³-hybridized carbons (Fsp3) is 0.750. The van der Waals surface area contributed by atoms with Crippen molar-refractivity contribution in [1.29, 1.82) is 0 Å². The molecular formula is C44H81NO7P+. The molecule has 0 amide bonds. The highest BCUT2D eigenvalue weighted by molar-refractivity contribution is 7.47. The van der Waals surface area contributed by atoms with E-state index >= 15 is 0 Å². The van der Waals surface area contributed by atoms with Crippen LogP contribution in [-0.2, 0) is 27.9 Å². The van der Waals surface area contributed by atoms with Gasteiger partial charge in [0.05, 0.1) is 40.8 Å². The minimum Gasteiger partial charge on any atom is -0.457 e. The molecule has 1 N–H and O–H groups in total. The summed E-state index contributed by atoms with van der Waals surface area (Å²) in [5.41, 5.74) is 0. The Kier molecular flexibility index (Phi) is 35.9. The summed E-state index contributed by atoms with van der Waals surface area (Å²) < 4.78 is 34.8. The van der Waals surface area contributed by atoms with Crippen LogP contribution in [0, 0.1) is 0 Å². The molecule has 2 unspecified atom stereocenters. The van der Waals surface area contributed by atoms with Gasteiger partial charge in [0.1, 0.15) is 19.3 Å². The number of esters is 1. The molecule has 0 saturated carbocycles. The van der Waals surface area contributed by atoms with Crippen LogP contribution >= 0.6 is 7.82 Å². The number of phosphoric ester groups is 1. The molecule has 8 nitrogen and oxygen atoms in total. The number of ether oxygens (including phenoxy) is 2. The Balaban J connectivity index is 4.38. The highest BCUT2D eigenvalue weighted by Crippen LogP contribution is 2.43. The Bertz CT molecular complexity index is 1030. The van der Waals surface area contributed by atoms with Gasteiger partial charge in [0.15, 0.2) is 0 Å². The number of phosphoric acid groups is 1. The Morgan fingerprint density at radius 3 is 1.47 bits per heavy atom. The van der Waals surface area contributed by atoms with Crippen molar-refractivity contribution in [2.24, 2.45) is 0 Å². The van der Waals surface area contributed by atoms with Crippen LogP contribution in [0.3, 0.4) is 0 Å². The molecule has 0 aromatic heterocycles. The Morgan fingerprint density at radius 1 is 0.585 bits per heavy atom. The summed E-state index contributed by atoms with van der Waals surface area (Å²) in [4.78, 5) is 22.8. The lowest BCUT2D eigenvalue weighted by Crippen LogP contribution is -2.37. The standard InChI is InChI=1S/C44H80NO7P/c1-6-8-10-12-14-16-18-20-22-24-26-28-30-32-34-36-39-49-41-43(42-51-53(47,48)50-40-38-45(3,4)5)52-44(46)37-35-33-31-29-27-25-23-21-19-17-15-13-11-9-7-2/h9,11,15,17,21,23,27,29,33,35,43H,6-8,10,12-14,16,18-20,22,24-26,28,30-32,34,36-42H2,1-5H3/p+1/b11-9-,17-15-,23-21-,29-27-,35-33-. The van der Waals surface area contributed by atoms with Crippen molar-refractivity contribution in [3.05, 3.63) is 60.8 Å². The topological polar surface area (TPSA) is 91.3 Å². The third-order valence-corrected chi connectivity index (χ3v) is 9.61. The number of nitrogens with zero attached hydrogens (tertiary/aromatic N) is 1. The number of hydrogen-bond donors (Lipinski definition) is 1. The lowest BCUT2D eigenvalue weighted by Gasteiger charge is -2.24. The van der Waals surface area contributed by atoms with Crippen LogP contribution in [0.25, 0.3) is 0 Å². The first-order valence-corrected chi connectivity index (χ1v) is 22.5. The van der Waals surface area contributed by atoms with Crippen molar-refractivity contribution in [2.75, 3.05) is 54.1 Å². The van der Waals surface area contributed by atoms with Crippen molar-refractivity contribution in [3.63, 3.8) is 0 Å². The zero-order valence-corrected chi connectivity index (χ0v) is 35.6. The second kappa shape index (κ2) is 37.1. The van der Waals surface area contributed by atoms with Gasteiger partial charge in [-0.1, -0.05) is 171 Å². The minimum atomic E-state index is -4.30. The average Bonchev–Trinajstić information content (AvgIpc) is 3.11. The number of hydrogen-bond acceptors (Lipinski definition) is 6. The van der Waals surface area contributed by atoms with Crippen LogP contribution in [0.2, 0.25) is 0 Å². The van der Waals surface area contributed by atoms with Gasteiger partial charge in [0, 0.05) is 6.61 Å². The number of rotatable bonds is 38. The van der Waals surface area contributed by atoms with Crippen LogP contribution in [0.4, 0.5) is 0 Å². The maximum atomic E-state index is 12.6. The zero-order chi connectivity index (χ0) is 39.1. The molecule has 0 fully saturated rings. The second-order valence-electron chi connectivity index (χ2n) is 15.0. The monoisotopic (exact) mass is 767 g/mol. The van der Waals surface area contributed by atoms with E-state index in [1.165, 1.54) is 89.9 Å². The van der Waals surface area contributed by atoms with E-state index in [2.05, 4.69) is 62.5 Å². The molecule has 9 heteroatoms. The molecule has 0 radical (unpaired) electrons. The second-order valence-corrected chi connectivity index (χ2v) is 16.5. The first-order valence-electron chi connectivity index (χ1n) is 21.0. The Labute approximate surface area is 326 Å². The summed E-state index contributed by atoms with van der Waals surface area (Å²) >= 11 is 0. The van der Waals surface area contributed by atoms with E-state index in [-0.39, 0.29) is 26.2 Å². The SMILES string of the molecule is CC/C=C\C/C=C\C/C=C\C/C=C\C/C=C\CC(=O)OC(COCCCCCCCCCCCCCCCCCC)COP(=O)(O)OCC[N+](C)(C)C. The molecular weight excluding hydrogens is 685 g/mol. The van der Waals surface area contributed by atoms with Crippen molar-refractivity contribution in [1.82, 2.24) is 0 Å². The highest BCUT2D eigenvalue weighted by atomic mass is 31.2. The van der Waals surface area contributed by atoms with Gasteiger partial charge in [-0.3, -0.25) is 13.8 Å². The van der Waals surface area contributed by atoms with Gasteiger partial charge in [0.2, 0.25) is 0 Å². The molecule has 0 aliphatic heterocycles. The van der Waals surface area contributed by atoms with Crippen molar-refractivity contribution >= 4 is 13.8 Å². The van der Waals surface area contributed by atoms with Crippen LogP contribution in [0.15, 0.2) is 60.8 Å². The number of quaternary nitrogens is 1. The summed E-state index contributed by atoms with van der Waals surface area (Å²) in [6, 6.07) is 0. The van der Waals surface area contributed by atoms with Crippen molar-refractivity contribution < 1.29 is 37.3 Å². The summed E-state index contributed by atoms with van der Waals surface area (Å²) in [6.07, 6.45) is 45.7. The molecule has 0 aromatic rings. The summed E-state index contributed by atoms with van der Waals surface area (Å²) in [5, 5.41) is 0. The number of carbonyl (C=O) groups is 1. The first kappa shape index (κ1) is 51.2. The van der Waals surface area contributed by atoms with Crippen LogP contribution in [0.5, 0.6) is 0 Å². The minimum absolute atomic E-state index is 0.0710. The van der Waals surface area contributed by atoms with E-state index in [0.29, 0.717) is 17.6 Å². The molecule has 0 bridgehead atoms. The number of allylic oxidation sites excluding steroid dienone is 9. The quantitative estimate of drug-likeness (QED) is 0.0220. The third kappa shape index (κ3) is 41.2. The molecule has 0 rings (SSSR count). The molecule has 308 valence electrons. The van der Waals surface area contributed by atoms with E-state index < -0.39 is 19.9 Å². The zero-order valence-electron chi connectivity index (χ0n) is 34.7. The van der Waals surface area contributed by atoms with Gasteiger partial charge in [-0.05, 0) is 38.5 Å². The Hall–Kier alpha value is -1.80. The summed E-state index contributed by atoms with van der Waals surface area (Å²) in [5.74, 6) is -0.440. The first-order chi connectivity index (χ1) is 25.6. The number of likely N-dealkylation sites (N-methyl/N-ethyl adjacent to an activating group) is 1. The third-order valence-electron chi connectivity index (χ3n) is 8.63. The van der Waals surface area contributed by atoms with E-state index in [9.17, 15) is 14.3 Å². The molecule has 53 heavy (non-hydrogen) atoms. The highest BCUT2D eigenvalue weighted by Gasteiger charge is 2.26. The Morgan fingerprint density at radius 2 is 1.02 bits per heavy atom. The smallest absolute Gasteiger partial charge is 0.457 e. The lowest BCUT2D eigenvalue weighted by atomic mass is 10.0. The van der Waals surface area contributed by atoms with Gasteiger partial charge in [-0.15, -0.1) is 0 Å². The van der Waals surface area contributed by atoms with E-state index in [4.69, 9.17) is 18.5 Å². The largest absolute Gasteiger partial charge is 0.472 e. The maximum absolute atomic E-state index is 12.6. The summed E-state index contributed by atoms with van der Waals surface area (Å²) in [7, 11) is 1.61. The van der Waals surface area contributed by atoms with E-state index in [1.54, 1.807) is 6.08 Å². The van der Waals surface area contributed by atoms with Crippen LogP contribution < -0.4 is 0 Å². The predicted molar refractivity (Wildman–Crippen MR) is 224 cm³/mol. The molecule has 0 saturated heterocycles. The van der Waals surface area contributed by atoms with Crippen molar-refractivity contribution in [2.45, 2.75) is 161 Å². The normalized spacial score (nSPS) is 14.5. The van der Waals surface area contributed by atoms with Crippen LogP contribution in [0.1, 0.15) is 155 Å². The van der Waals surface area contributed by atoms with E-state index in [1.807, 2.05) is 27.2 Å². The molecule has 0 spiro atoms. The fourth-order valence-electron chi connectivity index (χ4n) is 5.39. The molecule has 0 aromatic carbocycles. The van der Waals surface area contributed by atoms with Gasteiger partial charge in [0.25, 0.3) is 0 Å². The average molecular weight is 767 g/mol. The van der Waals surface area contributed by atoms with E-state index in [0.717, 1.165) is 44.9 Å². The number of unbranched alkanes of at least 4 members (excludes halogenated alkanes) is 15. The lowest BCUT2D eigenvalue weighted by molar-refractivity contribution is -0.870. The molecule has 0 heterocycles. The fourth-order valence-corrected chi connectivity index (χ4v) is 6.13. The predicted octanol–water partition coefficient (Wildman–Crippen LogP) is 12.2. The van der Waals surface area contributed by atoms with Gasteiger partial charge >= 0.3 is 13.8 Å². The van der Waals surface area contributed by atoms with Gasteiger partial charge in [-0.2, -0.15) is 0 Å². The maximum Gasteiger partial charge on any atom is 0.472 e.